The lowest BCUT2D eigenvalue weighted by Gasteiger charge is -2.27. The van der Waals surface area contributed by atoms with E-state index < -0.39 is 18.7 Å². The van der Waals surface area contributed by atoms with Gasteiger partial charge >= 0.3 is 11.9 Å². The Kier molecular flexibility index (Phi) is 9.97. The van der Waals surface area contributed by atoms with Crippen LogP contribution in [0.2, 0.25) is 0 Å². The van der Waals surface area contributed by atoms with Gasteiger partial charge in [-0.2, -0.15) is 0 Å². The highest BCUT2D eigenvalue weighted by Crippen LogP contribution is 2.41. The van der Waals surface area contributed by atoms with Crippen molar-refractivity contribution in [1.29, 1.82) is 0 Å². The fourth-order valence-electron chi connectivity index (χ4n) is 4.36. The summed E-state index contributed by atoms with van der Waals surface area (Å²) in [4.78, 5) is 24.6. The first-order valence-electron chi connectivity index (χ1n) is 14.0. The molecule has 0 aliphatic rings. The molecule has 2 aromatic rings. The van der Waals surface area contributed by atoms with Gasteiger partial charge in [-0.05, 0) is 69.2 Å². The molecule has 0 amide bonds. The zero-order chi connectivity index (χ0) is 31.6. The summed E-state index contributed by atoms with van der Waals surface area (Å²) in [5.41, 5.74) is 3.50. The van der Waals surface area contributed by atoms with Gasteiger partial charge < -0.3 is 19.7 Å². The summed E-state index contributed by atoms with van der Waals surface area (Å²) >= 11 is 0. The molecular weight excluding hydrogens is 516 g/mol. The molecular formula is C35H48O6. The Morgan fingerprint density at radius 3 is 1.02 bits per heavy atom. The number of rotatable bonds is 6. The SMILES string of the molecule is CC(C)(C)c1cc(/C=C/C(=O)OCOC(=O)/C=C/c2cc(C(C)(C)C)c(O)c(C(C)(C)C)c2)cc(C(C)(C)C)c1O. The number of hydrogen-bond acceptors (Lipinski definition) is 6. The van der Waals surface area contributed by atoms with Crippen molar-refractivity contribution in [3.63, 3.8) is 0 Å². The molecule has 0 fully saturated rings. The number of phenols is 2. The highest BCUT2D eigenvalue weighted by Gasteiger charge is 2.27. The third-order valence-electron chi connectivity index (χ3n) is 6.72. The molecule has 0 aliphatic carbocycles. The highest BCUT2D eigenvalue weighted by molar-refractivity contribution is 5.88. The second-order valence-electron chi connectivity index (χ2n) is 14.6. The molecule has 0 spiro atoms. The standard InChI is InChI=1S/C35H48O6/c1-32(2,3)24-17-22(18-25(30(24)38)33(4,5)6)13-15-28(36)40-21-41-29(37)16-14-23-19-26(34(7,8)9)31(39)27(20-23)35(10,11)12/h13-20,38-39H,21H2,1-12H3/b15-13+,16-14+. The summed E-state index contributed by atoms with van der Waals surface area (Å²) in [6.07, 6.45) is 5.79. The van der Waals surface area contributed by atoms with Gasteiger partial charge in [0.15, 0.2) is 0 Å². The monoisotopic (exact) mass is 564 g/mol. The molecule has 6 nitrogen and oxygen atoms in total. The van der Waals surface area contributed by atoms with Crippen molar-refractivity contribution in [3.8, 4) is 11.5 Å². The quantitative estimate of drug-likeness (QED) is 0.209. The van der Waals surface area contributed by atoms with E-state index in [1.54, 1.807) is 12.2 Å². The number of aromatic hydroxyl groups is 2. The van der Waals surface area contributed by atoms with E-state index in [1.807, 2.05) is 107 Å². The van der Waals surface area contributed by atoms with Crippen LogP contribution in [-0.4, -0.2) is 28.9 Å². The minimum atomic E-state index is -0.660. The minimum absolute atomic E-state index is 0.265. The van der Waals surface area contributed by atoms with Gasteiger partial charge in [-0.25, -0.2) is 9.59 Å². The van der Waals surface area contributed by atoms with E-state index >= 15 is 0 Å². The van der Waals surface area contributed by atoms with Crippen LogP contribution in [0.25, 0.3) is 12.2 Å². The summed E-state index contributed by atoms with van der Waals surface area (Å²) in [5.74, 6) is -0.789. The maximum atomic E-state index is 12.3. The molecule has 0 bridgehead atoms. The van der Waals surface area contributed by atoms with E-state index in [2.05, 4.69) is 0 Å². The van der Waals surface area contributed by atoms with Gasteiger partial charge in [0.1, 0.15) is 11.5 Å². The molecule has 224 valence electrons. The molecule has 0 heterocycles. The Morgan fingerprint density at radius 2 is 0.805 bits per heavy atom. The maximum absolute atomic E-state index is 12.3. The molecule has 0 saturated carbocycles. The number of carbonyl (C=O) groups is 2. The molecule has 0 aliphatic heterocycles. The predicted octanol–water partition coefficient (Wildman–Crippen LogP) is 8.06. The largest absolute Gasteiger partial charge is 0.507 e. The van der Waals surface area contributed by atoms with Crippen molar-refractivity contribution in [1.82, 2.24) is 0 Å². The fraction of sp³-hybridized carbons (Fsp3) is 0.486. The van der Waals surface area contributed by atoms with Gasteiger partial charge in [0.05, 0.1) is 0 Å². The van der Waals surface area contributed by atoms with Crippen LogP contribution in [0, 0.1) is 0 Å². The Labute approximate surface area is 246 Å². The van der Waals surface area contributed by atoms with Crippen LogP contribution in [0.4, 0.5) is 0 Å². The number of benzene rings is 2. The molecule has 41 heavy (non-hydrogen) atoms. The van der Waals surface area contributed by atoms with Crippen LogP contribution in [-0.2, 0) is 40.7 Å². The molecule has 2 aromatic carbocycles. The van der Waals surface area contributed by atoms with E-state index in [9.17, 15) is 19.8 Å². The van der Waals surface area contributed by atoms with E-state index in [0.29, 0.717) is 0 Å². The van der Waals surface area contributed by atoms with Gasteiger partial charge in [0.25, 0.3) is 0 Å². The van der Waals surface area contributed by atoms with Crippen molar-refractivity contribution in [2.24, 2.45) is 0 Å². The summed E-state index contributed by atoms with van der Waals surface area (Å²) in [6, 6.07) is 7.44. The third kappa shape index (κ3) is 9.24. The number of ether oxygens (including phenoxy) is 2. The number of carbonyl (C=O) groups excluding carboxylic acids is 2. The second kappa shape index (κ2) is 12.1. The lowest BCUT2D eigenvalue weighted by atomic mass is 9.78. The maximum Gasteiger partial charge on any atom is 0.333 e. The minimum Gasteiger partial charge on any atom is -0.507 e. The first kappa shape index (κ1) is 33.7. The topological polar surface area (TPSA) is 93.1 Å². The molecule has 0 unspecified atom stereocenters. The molecule has 6 heteroatoms. The third-order valence-corrected chi connectivity index (χ3v) is 6.72. The van der Waals surface area contributed by atoms with Crippen molar-refractivity contribution in [2.75, 3.05) is 6.79 Å². The van der Waals surface area contributed by atoms with Crippen LogP contribution in [0.5, 0.6) is 11.5 Å². The average Bonchev–Trinajstić information content (AvgIpc) is 2.79. The van der Waals surface area contributed by atoms with Crippen molar-refractivity contribution in [2.45, 2.75) is 105 Å². The Bertz CT molecular complexity index is 1160. The van der Waals surface area contributed by atoms with Crippen molar-refractivity contribution < 1.29 is 29.3 Å². The van der Waals surface area contributed by atoms with E-state index in [4.69, 9.17) is 9.47 Å². The zero-order valence-corrected chi connectivity index (χ0v) is 26.9. The van der Waals surface area contributed by atoms with E-state index in [1.165, 1.54) is 12.2 Å². The van der Waals surface area contributed by atoms with Crippen LogP contribution < -0.4 is 0 Å². The lowest BCUT2D eigenvalue weighted by molar-refractivity contribution is -0.160. The molecule has 0 atom stereocenters. The summed E-state index contributed by atoms with van der Waals surface area (Å²) in [5, 5.41) is 21.8. The summed E-state index contributed by atoms with van der Waals surface area (Å²) in [6.45, 7) is 23.7. The van der Waals surface area contributed by atoms with E-state index in [0.717, 1.165) is 33.4 Å². The smallest absolute Gasteiger partial charge is 0.333 e. The van der Waals surface area contributed by atoms with Gasteiger partial charge in [-0.1, -0.05) is 83.1 Å². The van der Waals surface area contributed by atoms with Gasteiger partial charge in [-0.3, -0.25) is 0 Å². The van der Waals surface area contributed by atoms with Gasteiger partial charge in [0, 0.05) is 34.4 Å². The van der Waals surface area contributed by atoms with Crippen LogP contribution in [0.3, 0.4) is 0 Å². The molecule has 2 rings (SSSR count). The van der Waals surface area contributed by atoms with E-state index in [-0.39, 0.29) is 33.2 Å². The molecule has 0 saturated heterocycles. The molecule has 2 N–H and O–H groups in total. The first-order valence-corrected chi connectivity index (χ1v) is 14.0. The Hall–Kier alpha value is -3.54. The van der Waals surface area contributed by atoms with Crippen LogP contribution >= 0.6 is 0 Å². The summed E-state index contributed by atoms with van der Waals surface area (Å²) < 4.78 is 10.1. The second-order valence-corrected chi connectivity index (χ2v) is 14.6. The average molecular weight is 565 g/mol. The van der Waals surface area contributed by atoms with Crippen molar-refractivity contribution >= 4 is 24.1 Å². The first-order chi connectivity index (χ1) is 18.5. The molecule has 0 radical (unpaired) electrons. The van der Waals surface area contributed by atoms with Crippen molar-refractivity contribution in [3.05, 3.63) is 69.8 Å². The lowest BCUT2D eigenvalue weighted by Crippen LogP contribution is -2.17. The Balaban J connectivity index is 2.11. The van der Waals surface area contributed by atoms with Crippen LogP contribution in [0.15, 0.2) is 36.4 Å². The van der Waals surface area contributed by atoms with Crippen LogP contribution in [0.1, 0.15) is 116 Å². The molecule has 0 aromatic heterocycles. The highest BCUT2D eigenvalue weighted by atomic mass is 16.7. The van der Waals surface area contributed by atoms with Gasteiger partial charge in [0.2, 0.25) is 6.79 Å². The summed E-state index contributed by atoms with van der Waals surface area (Å²) in [7, 11) is 0. The Morgan fingerprint density at radius 1 is 0.561 bits per heavy atom. The number of esters is 2. The fourth-order valence-corrected chi connectivity index (χ4v) is 4.36. The zero-order valence-electron chi connectivity index (χ0n) is 26.9. The predicted molar refractivity (Wildman–Crippen MR) is 166 cm³/mol. The number of hydrogen-bond donors (Lipinski definition) is 2. The van der Waals surface area contributed by atoms with Gasteiger partial charge in [-0.15, -0.1) is 0 Å². The number of phenolic OH excluding ortho intramolecular Hbond substituents is 2. The normalized spacial score (nSPS) is 13.2.